The zero-order chi connectivity index (χ0) is 18.0. The van der Waals surface area contributed by atoms with Crippen molar-refractivity contribution < 1.29 is 18.3 Å². The number of methoxy groups -OCH3 is 1. The summed E-state index contributed by atoms with van der Waals surface area (Å²) in [6.45, 7) is 1.86. The van der Waals surface area contributed by atoms with Gasteiger partial charge in [-0.15, -0.1) is 0 Å². The normalized spacial score (nSPS) is 10.6. The Morgan fingerprint density at radius 2 is 1.88 bits per heavy atom. The number of ether oxygens (including phenoxy) is 1. The Hall–Kier alpha value is -3.22. The molecule has 0 fully saturated rings. The van der Waals surface area contributed by atoms with E-state index in [4.69, 9.17) is 4.74 Å². The molecule has 2 N–H and O–H groups in total. The number of halogens is 2. The van der Waals surface area contributed by atoms with Gasteiger partial charge in [0, 0.05) is 28.9 Å². The van der Waals surface area contributed by atoms with Crippen LogP contribution in [-0.4, -0.2) is 18.1 Å². The van der Waals surface area contributed by atoms with Gasteiger partial charge < -0.3 is 15.4 Å². The predicted octanol–water partition coefficient (Wildman–Crippen LogP) is 4.47. The van der Waals surface area contributed by atoms with E-state index in [9.17, 15) is 13.6 Å². The maximum Gasteiger partial charge on any atom is 0.323 e. The molecule has 0 aliphatic rings. The first-order valence-corrected chi connectivity index (χ1v) is 7.45. The zero-order valence-corrected chi connectivity index (χ0v) is 13.6. The molecule has 128 valence electrons. The van der Waals surface area contributed by atoms with Gasteiger partial charge >= 0.3 is 6.03 Å². The molecule has 25 heavy (non-hydrogen) atoms. The number of nitrogens with zero attached hydrogens (tertiary/aromatic N) is 1. The highest BCUT2D eigenvalue weighted by atomic mass is 19.1. The van der Waals surface area contributed by atoms with Gasteiger partial charge in [-0.2, -0.15) is 0 Å². The van der Waals surface area contributed by atoms with Gasteiger partial charge in [0.25, 0.3) is 0 Å². The third-order valence-corrected chi connectivity index (χ3v) is 3.56. The molecule has 1 heterocycles. The van der Waals surface area contributed by atoms with Gasteiger partial charge in [-0.25, -0.2) is 13.6 Å². The predicted molar refractivity (Wildman–Crippen MR) is 92.0 cm³/mol. The monoisotopic (exact) mass is 343 g/mol. The van der Waals surface area contributed by atoms with Crippen molar-refractivity contribution in [2.24, 2.45) is 0 Å². The standard InChI is InChI=1S/C18H15F2N3O2/c1-10-7-17(25-2)13-9-12(4-6-15(13)21-10)22-18(24)23-16-5-3-11(19)8-14(16)20/h3-9H,1-2H3,(H2,22,23,24). The van der Waals surface area contributed by atoms with Crippen LogP contribution in [-0.2, 0) is 0 Å². The number of fused-ring (bicyclic) bond motifs is 1. The average Bonchev–Trinajstić information content (AvgIpc) is 2.57. The van der Waals surface area contributed by atoms with E-state index in [-0.39, 0.29) is 5.69 Å². The van der Waals surface area contributed by atoms with E-state index in [1.165, 1.54) is 0 Å². The molecule has 1 aromatic heterocycles. The Balaban J connectivity index is 1.82. The minimum Gasteiger partial charge on any atom is -0.496 e. The minimum atomic E-state index is -0.852. The number of anilines is 2. The maximum absolute atomic E-state index is 13.6. The van der Waals surface area contributed by atoms with Crippen molar-refractivity contribution in [3.05, 3.63) is 59.8 Å². The van der Waals surface area contributed by atoms with E-state index >= 15 is 0 Å². The lowest BCUT2D eigenvalue weighted by Crippen LogP contribution is -2.20. The van der Waals surface area contributed by atoms with Gasteiger partial charge in [-0.3, -0.25) is 4.98 Å². The number of carbonyl (C=O) groups excluding carboxylic acids is 1. The smallest absolute Gasteiger partial charge is 0.323 e. The fourth-order valence-electron chi connectivity index (χ4n) is 2.44. The number of carbonyl (C=O) groups is 1. The first kappa shape index (κ1) is 16.6. The number of rotatable bonds is 3. The minimum absolute atomic E-state index is 0.116. The van der Waals surface area contributed by atoms with Crippen molar-refractivity contribution in [2.45, 2.75) is 6.92 Å². The summed E-state index contributed by atoms with van der Waals surface area (Å²) < 4.78 is 31.8. The first-order chi connectivity index (χ1) is 12.0. The van der Waals surface area contributed by atoms with E-state index in [1.807, 2.05) is 6.92 Å². The highest BCUT2D eigenvalue weighted by Crippen LogP contribution is 2.28. The SMILES string of the molecule is COc1cc(C)nc2ccc(NC(=O)Nc3ccc(F)cc3F)cc12. The summed E-state index contributed by atoms with van der Waals surface area (Å²) in [6.07, 6.45) is 0. The molecule has 0 radical (unpaired) electrons. The zero-order valence-electron chi connectivity index (χ0n) is 13.6. The van der Waals surface area contributed by atoms with Crippen LogP contribution in [0.2, 0.25) is 0 Å². The summed E-state index contributed by atoms with van der Waals surface area (Å²) in [5.74, 6) is -0.931. The molecule has 7 heteroatoms. The Morgan fingerprint density at radius 1 is 1.08 bits per heavy atom. The fraction of sp³-hybridized carbons (Fsp3) is 0.111. The van der Waals surface area contributed by atoms with Crippen molar-refractivity contribution >= 4 is 28.3 Å². The van der Waals surface area contributed by atoms with E-state index in [1.54, 1.807) is 31.4 Å². The lowest BCUT2D eigenvalue weighted by molar-refractivity contribution is 0.262. The number of hydrogen-bond acceptors (Lipinski definition) is 3. The van der Waals surface area contributed by atoms with Crippen LogP contribution in [0.25, 0.3) is 10.9 Å². The van der Waals surface area contributed by atoms with Crippen LogP contribution in [0.5, 0.6) is 5.75 Å². The molecule has 0 unspecified atom stereocenters. The second-order valence-electron chi connectivity index (χ2n) is 5.40. The molecule has 0 aliphatic carbocycles. The van der Waals surface area contributed by atoms with Crippen molar-refractivity contribution in [2.75, 3.05) is 17.7 Å². The lowest BCUT2D eigenvalue weighted by Gasteiger charge is -2.11. The van der Waals surface area contributed by atoms with Crippen molar-refractivity contribution in [3.63, 3.8) is 0 Å². The molecule has 5 nitrogen and oxygen atoms in total. The molecule has 0 atom stereocenters. The first-order valence-electron chi connectivity index (χ1n) is 7.45. The summed E-state index contributed by atoms with van der Waals surface area (Å²) in [4.78, 5) is 16.4. The molecule has 3 rings (SSSR count). The van der Waals surface area contributed by atoms with Gasteiger partial charge in [0.15, 0.2) is 0 Å². The molecule has 0 bridgehead atoms. The molecule has 3 aromatic rings. The van der Waals surface area contributed by atoms with E-state index in [0.29, 0.717) is 17.5 Å². The van der Waals surface area contributed by atoms with Crippen LogP contribution >= 0.6 is 0 Å². The number of amides is 2. The van der Waals surface area contributed by atoms with Crippen LogP contribution in [0.3, 0.4) is 0 Å². The topological polar surface area (TPSA) is 63.2 Å². The summed E-state index contributed by atoms with van der Waals surface area (Å²) in [5.41, 5.74) is 1.91. The molecule has 0 saturated carbocycles. The molecule has 0 aliphatic heterocycles. The van der Waals surface area contributed by atoms with Gasteiger partial charge in [0.2, 0.25) is 0 Å². The number of hydrogen-bond donors (Lipinski definition) is 2. The third-order valence-electron chi connectivity index (χ3n) is 3.56. The number of aromatic nitrogens is 1. The summed E-state index contributed by atoms with van der Waals surface area (Å²) in [5, 5.41) is 5.66. The second kappa shape index (κ2) is 6.72. The molecular formula is C18H15F2N3O2. The van der Waals surface area contributed by atoms with Crippen molar-refractivity contribution in [3.8, 4) is 5.75 Å². The van der Waals surface area contributed by atoms with Crippen LogP contribution in [0.4, 0.5) is 25.0 Å². The Kier molecular flexibility index (Phi) is 4.47. The van der Waals surface area contributed by atoms with Crippen LogP contribution in [0.1, 0.15) is 5.69 Å². The number of aryl methyl sites for hydroxylation is 1. The summed E-state index contributed by atoms with van der Waals surface area (Å²) in [6, 6.07) is 9.19. The van der Waals surface area contributed by atoms with Crippen LogP contribution in [0, 0.1) is 18.6 Å². The molecular weight excluding hydrogens is 328 g/mol. The number of benzene rings is 2. The largest absolute Gasteiger partial charge is 0.496 e. The lowest BCUT2D eigenvalue weighted by atomic mass is 10.1. The van der Waals surface area contributed by atoms with E-state index in [2.05, 4.69) is 15.6 Å². The van der Waals surface area contributed by atoms with Gasteiger partial charge in [-0.05, 0) is 37.3 Å². The molecule has 0 spiro atoms. The highest BCUT2D eigenvalue weighted by molar-refractivity contribution is 6.01. The quantitative estimate of drug-likeness (QED) is 0.737. The van der Waals surface area contributed by atoms with Gasteiger partial charge in [0.05, 0.1) is 18.3 Å². The summed E-state index contributed by atoms with van der Waals surface area (Å²) in [7, 11) is 1.55. The molecule has 0 saturated heterocycles. The van der Waals surface area contributed by atoms with E-state index < -0.39 is 17.7 Å². The Bertz CT molecular complexity index is 960. The molecule has 2 amide bonds. The molecule has 2 aromatic carbocycles. The number of nitrogens with one attached hydrogen (secondary N) is 2. The van der Waals surface area contributed by atoms with Crippen molar-refractivity contribution in [1.29, 1.82) is 0 Å². The summed E-state index contributed by atoms with van der Waals surface area (Å²) >= 11 is 0. The second-order valence-corrected chi connectivity index (χ2v) is 5.40. The number of urea groups is 1. The van der Waals surface area contributed by atoms with Crippen molar-refractivity contribution in [1.82, 2.24) is 4.98 Å². The maximum atomic E-state index is 13.6. The Labute approximate surface area is 142 Å². The van der Waals surface area contributed by atoms with E-state index in [0.717, 1.165) is 28.7 Å². The van der Waals surface area contributed by atoms with Gasteiger partial charge in [-0.1, -0.05) is 0 Å². The van der Waals surface area contributed by atoms with Crippen LogP contribution in [0.15, 0.2) is 42.5 Å². The fourth-order valence-corrected chi connectivity index (χ4v) is 2.44. The number of pyridine rings is 1. The van der Waals surface area contributed by atoms with Crippen LogP contribution < -0.4 is 15.4 Å². The highest BCUT2D eigenvalue weighted by Gasteiger charge is 2.10. The van der Waals surface area contributed by atoms with Gasteiger partial charge in [0.1, 0.15) is 17.4 Å². The Morgan fingerprint density at radius 3 is 2.60 bits per heavy atom. The third kappa shape index (κ3) is 3.65. The average molecular weight is 343 g/mol.